The molecule has 0 aliphatic rings. The van der Waals surface area contributed by atoms with E-state index in [-0.39, 0.29) is 12.1 Å². The van der Waals surface area contributed by atoms with Crippen molar-refractivity contribution in [1.82, 2.24) is 0 Å². The number of hydrazone groups is 1. The van der Waals surface area contributed by atoms with Crippen LogP contribution in [0.5, 0.6) is 0 Å². The maximum absolute atomic E-state index is 11.2. The first-order valence-corrected chi connectivity index (χ1v) is 8.41. The van der Waals surface area contributed by atoms with Crippen LogP contribution in [0.1, 0.15) is 31.2 Å². The first-order chi connectivity index (χ1) is 13.4. The number of aliphatic carboxylic acids is 1. The largest absolute Gasteiger partial charge is 0.481 e. The lowest BCUT2D eigenvalue weighted by Crippen LogP contribution is -2.06. The van der Waals surface area contributed by atoms with Crippen LogP contribution in [0.15, 0.2) is 53.6 Å². The second-order valence-corrected chi connectivity index (χ2v) is 5.85. The van der Waals surface area contributed by atoms with E-state index in [1.54, 1.807) is 0 Å². The normalized spacial score (nSPS) is 11.1. The maximum atomic E-state index is 11.2. The molecule has 28 heavy (non-hydrogen) atoms. The van der Waals surface area contributed by atoms with Crippen molar-refractivity contribution in [2.45, 2.75) is 25.7 Å². The van der Waals surface area contributed by atoms with Gasteiger partial charge in [0.15, 0.2) is 0 Å². The monoisotopic (exact) mass is 386 g/mol. The van der Waals surface area contributed by atoms with Crippen molar-refractivity contribution in [3.05, 3.63) is 74.3 Å². The molecule has 0 atom stereocenters. The molecule has 0 saturated carbocycles. The predicted octanol–water partition coefficient (Wildman–Crippen LogP) is 3.96. The van der Waals surface area contributed by atoms with Gasteiger partial charge in [-0.15, -0.1) is 0 Å². The van der Waals surface area contributed by atoms with Gasteiger partial charge in [-0.2, -0.15) is 5.10 Å². The third-order valence-electron chi connectivity index (χ3n) is 3.86. The third-order valence-corrected chi connectivity index (χ3v) is 3.86. The highest BCUT2D eigenvalue weighted by Crippen LogP contribution is 2.29. The van der Waals surface area contributed by atoms with Crippen LogP contribution < -0.4 is 5.43 Å². The molecule has 0 fully saturated rings. The molecule has 10 heteroatoms. The Labute approximate surface area is 159 Å². The molecule has 146 valence electrons. The summed E-state index contributed by atoms with van der Waals surface area (Å²) < 4.78 is 0. The smallest absolute Gasteiger partial charge is 0.303 e. The molecule has 0 aromatic heterocycles. The Morgan fingerprint density at radius 3 is 2.29 bits per heavy atom. The van der Waals surface area contributed by atoms with Gasteiger partial charge in [-0.1, -0.05) is 30.3 Å². The first kappa shape index (κ1) is 20.5. The Hall–Kier alpha value is -3.82. The van der Waals surface area contributed by atoms with E-state index in [2.05, 4.69) is 10.5 Å². The summed E-state index contributed by atoms with van der Waals surface area (Å²) >= 11 is 0. The highest BCUT2D eigenvalue weighted by Gasteiger charge is 2.19. The van der Waals surface area contributed by atoms with Crippen LogP contribution in [0, 0.1) is 20.2 Å². The fourth-order valence-corrected chi connectivity index (χ4v) is 2.47. The molecule has 0 aliphatic carbocycles. The Morgan fingerprint density at radius 2 is 1.68 bits per heavy atom. The molecule has 0 spiro atoms. The second kappa shape index (κ2) is 9.76. The van der Waals surface area contributed by atoms with Crippen LogP contribution in [0.25, 0.3) is 0 Å². The van der Waals surface area contributed by atoms with E-state index < -0.39 is 27.2 Å². The summed E-state index contributed by atoms with van der Waals surface area (Å²) in [6.07, 6.45) is 1.55. The number of carboxylic acids is 1. The molecule has 2 rings (SSSR count). The predicted molar refractivity (Wildman–Crippen MR) is 102 cm³/mol. The molecule has 2 N–H and O–H groups in total. The zero-order valence-electron chi connectivity index (χ0n) is 14.8. The number of nitrogens with zero attached hydrogens (tertiary/aromatic N) is 3. The number of non-ortho nitro benzene ring substituents is 1. The molecule has 0 unspecified atom stereocenters. The van der Waals surface area contributed by atoms with Gasteiger partial charge < -0.3 is 5.11 Å². The molecule has 2 aromatic carbocycles. The minimum atomic E-state index is -0.877. The van der Waals surface area contributed by atoms with Gasteiger partial charge in [0.2, 0.25) is 0 Å². The second-order valence-electron chi connectivity index (χ2n) is 5.85. The van der Waals surface area contributed by atoms with Gasteiger partial charge in [0.1, 0.15) is 5.69 Å². The van der Waals surface area contributed by atoms with Gasteiger partial charge in [0, 0.05) is 12.5 Å². The number of carboxylic acid groups (broad SMARTS) is 1. The number of benzene rings is 2. The van der Waals surface area contributed by atoms with E-state index in [0.29, 0.717) is 25.0 Å². The van der Waals surface area contributed by atoms with Crippen molar-refractivity contribution in [3.63, 3.8) is 0 Å². The zero-order chi connectivity index (χ0) is 20.5. The van der Waals surface area contributed by atoms with Crippen molar-refractivity contribution >= 4 is 28.7 Å². The summed E-state index contributed by atoms with van der Waals surface area (Å²) in [4.78, 5) is 31.3. The van der Waals surface area contributed by atoms with Gasteiger partial charge >= 0.3 is 11.7 Å². The van der Waals surface area contributed by atoms with Gasteiger partial charge in [0.05, 0.1) is 21.6 Å². The Balaban J connectivity index is 2.25. The number of nitro benzene ring substituents is 2. The quantitative estimate of drug-likeness (QED) is 0.272. The number of hydrogen-bond donors (Lipinski definition) is 2. The molecule has 10 nitrogen and oxygen atoms in total. The minimum Gasteiger partial charge on any atom is -0.481 e. The highest BCUT2D eigenvalue weighted by atomic mass is 16.6. The van der Waals surface area contributed by atoms with Gasteiger partial charge in [0.25, 0.3) is 5.69 Å². The van der Waals surface area contributed by atoms with Crippen molar-refractivity contribution in [3.8, 4) is 0 Å². The zero-order valence-corrected chi connectivity index (χ0v) is 14.8. The molecule has 0 bridgehead atoms. The average molecular weight is 386 g/mol. The molecule has 0 saturated heterocycles. The van der Waals surface area contributed by atoms with Gasteiger partial charge in [-0.3, -0.25) is 30.4 Å². The number of nitro groups is 2. The van der Waals surface area contributed by atoms with E-state index >= 15 is 0 Å². The van der Waals surface area contributed by atoms with Crippen molar-refractivity contribution in [1.29, 1.82) is 0 Å². The van der Waals surface area contributed by atoms with Crippen LogP contribution in [0.2, 0.25) is 0 Å². The van der Waals surface area contributed by atoms with Crippen molar-refractivity contribution in [2.75, 3.05) is 5.43 Å². The minimum absolute atomic E-state index is 0.0227. The van der Waals surface area contributed by atoms with E-state index in [1.165, 1.54) is 6.07 Å². The topological polar surface area (TPSA) is 148 Å². The molecule has 0 aliphatic heterocycles. The van der Waals surface area contributed by atoms with Crippen LogP contribution in [-0.4, -0.2) is 26.6 Å². The molecule has 0 radical (unpaired) electrons. The van der Waals surface area contributed by atoms with E-state index in [1.807, 2.05) is 30.3 Å². The summed E-state index contributed by atoms with van der Waals surface area (Å²) in [5, 5.41) is 35.0. The lowest BCUT2D eigenvalue weighted by Gasteiger charge is -2.08. The molecule has 0 heterocycles. The third kappa shape index (κ3) is 5.87. The first-order valence-electron chi connectivity index (χ1n) is 8.41. The number of hydrogen-bond acceptors (Lipinski definition) is 7. The summed E-state index contributed by atoms with van der Waals surface area (Å²) in [5.41, 5.74) is 3.17. The molecule has 2 aromatic rings. The Kier molecular flexibility index (Phi) is 7.14. The van der Waals surface area contributed by atoms with E-state index in [4.69, 9.17) is 5.11 Å². The number of carbonyl (C=O) groups is 1. The molecular weight excluding hydrogens is 368 g/mol. The standard InChI is InChI=1S/C18H18N4O6/c23-18(24)9-5-4-8-15(13-6-2-1-3-7-13)19-20-16-11-10-14(21(25)26)12-17(16)22(27)28/h1-3,6-7,10-12,20H,4-5,8-9H2,(H,23,24)/b19-15+. The Bertz CT molecular complexity index is 898. The van der Waals surface area contributed by atoms with Crippen molar-refractivity contribution < 1.29 is 19.7 Å². The Morgan fingerprint density at radius 1 is 1.00 bits per heavy atom. The summed E-state index contributed by atoms with van der Waals surface area (Å²) in [6.45, 7) is 0. The number of unbranched alkanes of at least 4 members (excludes halogenated alkanes) is 1. The van der Waals surface area contributed by atoms with Crippen molar-refractivity contribution in [2.24, 2.45) is 5.10 Å². The SMILES string of the molecule is O=C(O)CCCC/C(=N\Nc1ccc([N+](=O)[O-])cc1[N+](=O)[O-])c1ccccc1. The van der Waals surface area contributed by atoms with E-state index in [9.17, 15) is 25.0 Å². The van der Waals surface area contributed by atoms with Crippen LogP contribution in [0.4, 0.5) is 17.1 Å². The lowest BCUT2D eigenvalue weighted by molar-refractivity contribution is -0.393. The lowest BCUT2D eigenvalue weighted by atomic mass is 10.0. The number of rotatable bonds is 10. The summed E-state index contributed by atoms with van der Waals surface area (Å²) in [5.74, 6) is -0.877. The van der Waals surface area contributed by atoms with Crippen LogP contribution in [0.3, 0.4) is 0 Å². The fourth-order valence-electron chi connectivity index (χ4n) is 2.47. The summed E-state index contributed by atoms with van der Waals surface area (Å²) in [7, 11) is 0. The fraction of sp³-hybridized carbons (Fsp3) is 0.222. The van der Waals surface area contributed by atoms with Crippen LogP contribution in [-0.2, 0) is 4.79 Å². The van der Waals surface area contributed by atoms with Gasteiger partial charge in [-0.05, 0) is 30.9 Å². The van der Waals surface area contributed by atoms with E-state index in [0.717, 1.165) is 17.7 Å². The average Bonchev–Trinajstić information content (AvgIpc) is 2.67. The summed E-state index contributed by atoms with van der Waals surface area (Å²) in [6, 6.07) is 12.4. The van der Waals surface area contributed by atoms with Crippen LogP contribution >= 0.6 is 0 Å². The molecule has 0 amide bonds. The number of nitrogens with one attached hydrogen (secondary N) is 1. The van der Waals surface area contributed by atoms with Gasteiger partial charge in [-0.25, -0.2) is 0 Å². The molecular formula is C18H18N4O6. The highest BCUT2D eigenvalue weighted by molar-refractivity contribution is 6.01. The number of anilines is 1. The maximum Gasteiger partial charge on any atom is 0.303 e.